The number of aromatic nitrogens is 1. The Hall–Kier alpha value is -2.01. The van der Waals surface area contributed by atoms with Gasteiger partial charge >= 0.3 is 0 Å². The second-order valence-electron chi connectivity index (χ2n) is 8.25. The average Bonchev–Trinajstić information content (AvgIpc) is 3.54. The zero-order valence-corrected chi connectivity index (χ0v) is 20.2. The van der Waals surface area contributed by atoms with E-state index >= 15 is 0 Å². The molecule has 4 heterocycles. The lowest BCUT2D eigenvalue weighted by molar-refractivity contribution is -0.136. The second kappa shape index (κ2) is 8.74. The lowest BCUT2D eigenvalue weighted by Crippen LogP contribution is -2.50. The predicted molar refractivity (Wildman–Crippen MR) is 126 cm³/mol. The van der Waals surface area contributed by atoms with Gasteiger partial charge in [-0.25, -0.2) is 13.4 Å². The number of thiazole rings is 1. The van der Waals surface area contributed by atoms with Crippen molar-refractivity contribution < 1.29 is 17.9 Å². The van der Waals surface area contributed by atoms with Gasteiger partial charge in [-0.05, 0) is 42.8 Å². The number of para-hydroxylation sites is 1. The largest absolute Gasteiger partial charge is 0.467 e. The molecule has 2 aromatic heterocycles. The maximum absolute atomic E-state index is 13.2. The quantitative estimate of drug-likeness (QED) is 0.541. The minimum absolute atomic E-state index is 0.00875. The highest BCUT2D eigenvalue weighted by molar-refractivity contribution is 7.91. The van der Waals surface area contributed by atoms with Crippen LogP contribution in [0.1, 0.15) is 31.2 Å². The molecule has 0 radical (unpaired) electrons. The van der Waals surface area contributed by atoms with Crippen LogP contribution in [0.25, 0.3) is 10.2 Å². The number of thiophene rings is 1. The fraction of sp³-hybridized carbons (Fsp3) is 0.455. The summed E-state index contributed by atoms with van der Waals surface area (Å²) < 4.78 is 34.9. The molecule has 0 spiro atoms. The van der Waals surface area contributed by atoms with Crippen molar-refractivity contribution in [2.45, 2.75) is 49.0 Å². The predicted octanol–water partition coefficient (Wildman–Crippen LogP) is 3.89. The van der Waals surface area contributed by atoms with Gasteiger partial charge < -0.3 is 9.64 Å². The van der Waals surface area contributed by atoms with E-state index in [1.165, 1.54) is 15.6 Å². The number of likely N-dealkylation sites (tertiary alicyclic amines) is 1. The molecule has 3 aromatic rings. The van der Waals surface area contributed by atoms with E-state index in [2.05, 4.69) is 4.98 Å². The fourth-order valence-electron chi connectivity index (χ4n) is 4.46. The van der Waals surface area contributed by atoms with Crippen molar-refractivity contribution >= 4 is 48.8 Å². The molecule has 1 amide bonds. The van der Waals surface area contributed by atoms with Crippen molar-refractivity contribution in [3.05, 3.63) is 41.3 Å². The monoisotopic (exact) mass is 491 g/mol. The summed E-state index contributed by atoms with van der Waals surface area (Å²) in [5, 5.41) is 2.42. The number of nitrogens with zero attached hydrogens (tertiary/aromatic N) is 3. The van der Waals surface area contributed by atoms with Crippen molar-refractivity contribution in [2.24, 2.45) is 0 Å². The van der Waals surface area contributed by atoms with Crippen LogP contribution in [0, 0.1) is 6.92 Å². The van der Waals surface area contributed by atoms with E-state index in [9.17, 15) is 13.2 Å². The molecular weight excluding hydrogens is 466 g/mol. The number of hydrogen-bond acceptors (Lipinski definition) is 7. The van der Waals surface area contributed by atoms with E-state index in [-0.39, 0.29) is 12.0 Å². The summed E-state index contributed by atoms with van der Waals surface area (Å²) in [5.41, 5.74) is 2.11. The van der Waals surface area contributed by atoms with Gasteiger partial charge in [0.05, 0.1) is 10.2 Å². The molecule has 32 heavy (non-hydrogen) atoms. The van der Waals surface area contributed by atoms with Crippen LogP contribution in [0.5, 0.6) is 5.19 Å². The zero-order chi connectivity index (χ0) is 22.3. The van der Waals surface area contributed by atoms with E-state index < -0.39 is 16.1 Å². The van der Waals surface area contributed by atoms with Crippen LogP contribution in [-0.2, 0) is 14.8 Å². The number of hydrogen-bond donors (Lipinski definition) is 0. The molecule has 0 aliphatic carbocycles. The summed E-state index contributed by atoms with van der Waals surface area (Å²) in [6.45, 7) is 3.57. The third kappa shape index (κ3) is 4.05. The molecule has 2 fully saturated rings. The number of carbonyl (C=O) groups excluding carboxylic acids is 1. The first-order valence-corrected chi connectivity index (χ1v) is 13.9. The van der Waals surface area contributed by atoms with E-state index in [1.807, 2.05) is 25.1 Å². The molecule has 0 saturated carbocycles. The standard InChI is InChI=1S/C22H25N3O4S3/c1-15-5-2-7-18-20(15)23-22(31-18)29-16-9-12-24(13-10-16)21(26)17-6-3-11-25(17)32(27,28)19-8-4-14-30-19/h2,4-5,7-8,14,16-17H,3,6,9-13H2,1H3. The molecule has 1 unspecified atom stereocenters. The Labute approximate surface area is 195 Å². The lowest BCUT2D eigenvalue weighted by atomic mass is 10.1. The number of aryl methyl sites for hydroxylation is 1. The Morgan fingerprint density at radius 2 is 1.94 bits per heavy atom. The number of carbonyl (C=O) groups is 1. The highest BCUT2D eigenvalue weighted by atomic mass is 32.2. The first-order valence-electron chi connectivity index (χ1n) is 10.8. The molecule has 5 rings (SSSR count). The summed E-state index contributed by atoms with van der Waals surface area (Å²) in [6.07, 6.45) is 2.72. The first kappa shape index (κ1) is 21.8. The van der Waals surface area contributed by atoms with Gasteiger partial charge in [-0.1, -0.05) is 29.5 Å². The van der Waals surface area contributed by atoms with Gasteiger partial charge in [0, 0.05) is 32.5 Å². The van der Waals surface area contributed by atoms with Crippen molar-refractivity contribution in [3.63, 3.8) is 0 Å². The number of piperidine rings is 1. The molecule has 170 valence electrons. The molecule has 0 N–H and O–H groups in total. The molecule has 0 bridgehead atoms. The van der Waals surface area contributed by atoms with Crippen molar-refractivity contribution in [1.82, 2.24) is 14.2 Å². The minimum atomic E-state index is -3.62. The number of ether oxygens (including phenoxy) is 1. The molecule has 2 aliphatic heterocycles. The fourth-order valence-corrected chi connectivity index (χ4v) is 8.19. The highest BCUT2D eigenvalue weighted by Crippen LogP contribution is 2.33. The van der Waals surface area contributed by atoms with Crippen molar-refractivity contribution in [2.75, 3.05) is 19.6 Å². The molecular formula is C22H25N3O4S3. The second-order valence-corrected chi connectivity index (χ2v) is 12.3. The minimum Gasteiger partial charge on any atom is -0.467 e. The Balaban J connectivity index is 1.22. The van der Waals surface area contributed by atoms with Gasteiger partial charge in [0.15, 0.2) is 0 Å². The number of fused-ring (bicyclic) bond motifs is 1. The van der Waals surface area contributed by atoms with E-state index in [4.69, 9.17) is 4.74 Å². The van der Waals surface area contributed by atoms with Gasteiger partial charge in [0.25, 0.3) is 15.2 Å². The molecule has 2 aliphatic rings. The summed E-state index contributed by atoms with van der Waals surface area (Å²) in [5.74, 6) is -0.0864. The molecule has 10 heteroatoms. The van der Waals surface area contributed by atoms with Crippen molar-refractivity contribution in [3.8, 4) is 5.19 Å². The molecule has 1 aromatic carbocycles. The van der Waals surface area contributed by atoms with Crippen LogP contribution in [0.15, 0.2) is 39.9 Å². The number of rotatable bonds is 5. The maximum atomic E-state index is 13.2. The summed E-state index contributed by atoms with van der Waals surface area (Å²) in [4.78, 5) is 19.6. The van der Waals surface area contributed by atoms with Gasteiger partial charge in [0.1, 0.15) is 16.4 Å². The molecule has 2 saturated heterocycles. The van der Waals surface area contributed by atoms with Gasteiger partial charge in [-0.15, -0.1) is 11.3 Å². The van der Waals surface area contributed by atoms with E-state index in [0.717, 1.165) is 15.8 Å². The van der Waals surface area contributed by atoms with Crippen LogP contribution in [-0.4, -0.2) is 60.3 Å². The average molecular weight is 492 g/mol. The lowest BCUT2D eigenvalue weighted by Gasteiger charge is -2.34. The highest BCUT2D eigenvalue weighted by Gasteiger charge is 2.42. The zero-order valence-electron chi connectivity index (χ0n) is 17.8. The third-order valence-electron chi connectivity index (χ3n) is 6.17. The third-order valence-corrected chi connectivity index (χ3v) is 10.4. The maximum Gasteiger partial charge on any atom is 0.274 e. The Morgan fingerprint density at radius 3 is 2.66 bits per heavy atom. The van der Waals surface area contributed by atoms with Crippen LogP contribution in [0.2, 0.25) is 0 Å². The number of benzene rings is 1. The Bertz CT molecular complexity index is 1210. The summed E-state index contributed by atoms with van der Waals surface area (Å²) >= 11 is 2.74. The van der Waals surface area contributed by atoms with Gasteiger partial charge in [-0.2, -0.15) is 4.31 Å². The summed E-state index contributed by atoms with van der Waals surface area (Å²) in [6, 6.07) is 8.84. The smallest absolute Gasteiger partial charge is 0.274 e. The van der Waals surface area contributed by atoms with Crippen molar-refractivity contribution in [1.29, 1.82) is 0 Å². The van der Waals surface area contributed by atoms with Crippen LogP contribution >= 0.6 is 22.7 Å². The number of sulfonamides is 1. The number of amides is 1. The normalized spacial score (nSPS) is 20.8. The van der Waals surface area contributed by atoms with Crippen LogP contribution in [0.4, 0.5) is 0 Å². The Morgan fingerprint density at radius 1 is 1.12 bits per heavy atom. The SMILES string of the molecule is Cc1cccc2sc(OC3CCN(C(=O)C4CCCN4S(=O)(=O)c4cccs4)CC3)nc12. The Kier molecular flexibility index (Phi) is 5.96. The molecule has 7 nitrogen and oxygen atoms in total. The molecule has 1 atom stereocenters. The summed E-state index contributed by atoms with van der Waals surface area (Å²) in [7, 11) is -3.62. The topological polar surface area (TPSA) is 79.8 Å². The van der Waals surface area contributed by atoms with E-state index in [1.54, 1.807) is 33.7 Å². The van der Waals surface area contributed by atoms with Crippen LogP contribution in [0.3, 0.4) is 0 Å². The van der Waals surface area contributed by atoms with E-state index in [0.29, 0.717) is 54.7 Å². The first-order chi connectivity index (χ1) is 15.4. The van der Waals surface area contributed by atoms with Gasteiger partial charge in [0.2, 0.25) is 5.91 Å². The van der Waals surface area contributed by atoms with Crippen LogP contribution < -0.4 is 4.74 Å². The van der Waals surface area contributed by atoms with Gasteiger partial charge in [-0.3, -0.25) is 4.79 Å².